The van der Waals surface area contributed by atoms with Crippen molar-refractivity contribution in [3.8, 4) is 0 Å². The van der Waals surface area contributed by atoms with E-state index in [0.717, 1.165) is 57.8 Å². The number of ether oxygens (including phenoxy) is 4. The molecule has 1 aromatic carbocycles. The van der Waals surface area contributed by atoms with E-state index in [1.807, 2.05) is 6.07 Å². The molecule has 0 aromatic heterocycles. The molecule has 8 nitrogen and oxygen atoms in total. The summed E-state index contributed by atoms with van der Waals surface area (Å²) in [5.74, 6) is 0.510. The zero-order chi connectivity index (χ0) is 42.2. The highest BCUT2D eigenvalue weighted by molar-refractivity contribution is 7.91. The minimum atomic E-state index is -3.48. The summed E-state index contributed by atoms with van der Waals surface area (Å²) >= 11 is 0. The van der Waals surface area contributed by atoms with E-state index in [1.54, 1.807) is 24.3 Å². The highest BCUT2D eigenvalue weighted by atomic mass is 32.2. The van der Waals surface area contributed by atoms with Crippen LogP contribution in [0.4, 0.5) is 0 Å². The van der Waals surface area contributed by atoms with Gasteiger partial charge < -0.3 is 27.8 Å². The van der Waals surface area contributed by atoms with Gasteiger partial charge >= 0.3 is 0 Å². The number of benzene rings is 1. The zero-order valence-corrected chi connectivity index (χ0v) is 40.5. The molecular weight excluding hydrogens is 769 g/mol. The largest absolute Gasteiger partial charge is 0.414 e. The van der Waals surface area contributed by atoms with E-state index in [4.69, 9.17) is 27.8 Å². The lowest BCUT2D eigenvalue weighted by Crippen LogP contribution is -2.48. The lowest BCUT2D eigenvalue weighted by molar-refractivity contribution is -0.0586. The molecule has 0 N–H and O–H groups in total. The summed E-state index contributed by atoms with van der Waals surface area (Å²) in [5, 5.41) is 0.137. The third-order valence-corrected chi connectivity index (χ3v) is 24.5. The Labute approximate surface area is 350 Å². The average Bonchev–Trinajstić information content (AvgIpc) is 3.86. The minimum Gasteiger partial charge on any atom is -0.414 e. The van der Waals surface area contributed by atoms with Crippen LogP contribution in [0.1, 0.15) is 119 Å². The third-order valence-electron chi connectivity index (χ3n) is 13.6. The highest BCUT2D eigenvalue weighted by Crippen LogP contribution is 2.42. The molecule has 3 fully saturated rings. The van der Waals surface area contributed by atoms with Crippen molar-refractivity contribution in [2.45, 2.75) is 197 Å². The number of allylic oxidation sites excluding steroid dienone is 1. The standard InChI is InChI=1S/C46H80O8SSi2/c1-34(21-24-42-36(3)29-38(52-42)23-26-44-49-27-28-50-44)19-20-35(2)22-25-43-37(33-55(47,48)41-17-15-14-16-18-41)30-39(53-43)31-40(54-57(12,13)46(7,8)9)32-51-56(10,11)45(4,5)6/h14-18,34,37-40,42-44H,2-3,19-33H2,1,4-13H3/t34-,37+,38+,39+,40?,42+,43+/m1/s1. The molecule has 1 aromatic rings. The molecule has 1 unspecified atom stereocenters. The number of sulfone groups is 1. The van der Waals surface area contributed by atoms with Gasteiger partial charge in [-0.1, -0.05) is 85.4 Å². The topological polar surface area (TPSA) is 89.5 Å². The van der Waals surface area contributed by atoms with Crippen LogP contribution in [0.2, 0.25) is 36.3 Å². The summed E-state index contributed by atoms with van der Waals surface area (Å²) in [6.45, 7) is 35.8. The van der Waals surface area contributed by atoms with Crippen LogP contribution in [0.25, 0.3) is 0 Å². The van der Waals surface area contributed by atoms with Crippen LogP contribution < -0.4 is 0 Å². The van der Waals surface area contributed by atoms with Crippen molar-refractivity contribution in [3.63, 3.8) is 0 Å². The summed E-state index contributed by atoms with van der Waals surface area (Å²) in [6, 6.07) is 8.86. The van der Waals surface area contributed by atoms with Crippen molar-refractivity contribution in [2.24, 2.45) is 11.8 Å². The van der Waals surface area contributed by atoms with E-state index in [0.29, 0.717) is 43.5 Å². The first kappa shape index (κ1) is 48.5. The van der Waals surface area contributed by atoms with Gasteiger partial charge in [-0.25, -0.2) is 8.42 Å². The molecule has 0 radical (unpaired) electrons. The van der Waals surface area contributed by atoms with Gasteiger partial charge in [-0.2, -0.15) is 0 Å². The van der Waals surface area contributed by atoms with Crippen molar-refractivity contribution in [1.82, 2.24) is 0 Å². The molecule has 0 bridgehead atoms. The van der Waals surface area contributed by atoms with E-state index < -0.39 is 26.5 Å². The predicted molar refractivity (Wildman–Crippen MR) is 238 cm³/mol. The summed E-state index contributed by atoms with van der Waals surface area (Å²) < 4.78 is 65.8. The molecule has 4 rings (SSSR count). The van der Waals surface area contributed by atoms with Crippen LogP contribution in [0.15, 0.2) is 59.5 Å². The van der Waals surface area contributed by atoms with E-state index in [2.05, 4.69) is 87.8 Å². The smallest absolute Gasteiger partial charge is 0.192 e. The Morgan fingerprint density at radius 1 is 0.860 bits per heavy atom. The van der Waals surface area contributed by atoms with E-state index >= 15 is 0 Å². The van der Waals surface area contributed by atoms with Gasteiger partial charge in [0.2, 0.25) is 0 Å². The summed E-state index contributed by atoms with van der Waals surface area (Å²) in [6.07, 6.45) is 9.68. The minimum absolute atomic E-state index is 0.0496. The Hall–Kier alpha value is -1.16. The van der Waals surface area contributed by atoms with Crippen LogP contribution in [0.5, 0.6) is 0 Å². The molecule has 3 saturated heterocycles. The molecule has 11 heteroatoms. The molecule has 3 aliphatic rings. The van der Waals surface area contributed by atoms with E-state index in [9.17, 15) is 8.42 Å². The Morgan fingerprint density at radius 2 is 1.51 bits per heavy atom. The molecule has 0 spiro atoms. The second-order valence-corrected chi connectivity index (χ2v) is 32.2. The maximum absolute atomic E-state index is 13.7. The maximum Gasteiger partial charge on any atom is 0.192 e. The lowest BCUT2D eigenvalue weighted by atomic mass is 9.91. The van der Waals surface area contributed by atoms with Crippen LogP contribution in [-0.2, 0) is 37.6 Å². The van der Waals surface area contributed by atoms with Crippen molar-refractivity contribution < 1.29 is 36.2 Å². The van der Waals surface area contributed by atoms with Gasteiger partial charge in [-0.05, 0) is 118 Å². The monoisotopic (exact) mass is 849 g/mol. The SMILES string of the molecule is C=C(CC[C@@H](C)CC[C@@H]1O[C@@H](CCC2OCCO2)CC1=C)CC[C@@H]1O[C@H](CC(CO[Si](C)(C)C(C)(C)C)O[Si](C)(C)C(C)(C)C)C[C@H]1CS(=O)(=O)c1ccccc1. The molecular formula is C46H80O8SSi2. The number of hydrogen-bond acceptors (Lipinski definition) is 8. The molecule has 7 atom stereocenters. The van der Waals surface area contributed by atoms with Gasteiger partial charge in [0.15, 0.2) is 32.8 Å². The van der Waals surface area contributed by atoms with Crippen molar-refractivity contribution >= 4 is 26.5 Å². The first-order chi connectivity index (χ1) is 26.5. The fourth-order valence-corrected chi connectivity index (χ4v) is 11.8. The number of rotatable bonds is 22. The fraction of sp³-hybridized carbons (Fsp3) is 0.783. The normalized spacial score (nSPS) is 25.3. The fourth-order valence-electron chi connectivity index (χ4n) is 7.74. The average molecular weight is 849 g/mol. The molecule has 0 amide bonds. The molecule has 326 valence electrons. The Bertz CT molecular complexity index is 1530. The van der Waals surface area contributed by atoms with Gasteiger partial charge in [0, 0.05) is 18.8 Å². The van der Waals surface area contributed by atoms with E-state index in [-0.39, 0.29) is 58.6 Å². The lowest BCUT2D eigenvalue weighted by Gasteiger charge is -2.42. The first-order valence-electron chi connectivity index (χ1n) is 21.9. The van der Waals surface area contributed by atoms with Gasteiger partial charge in [-0.3, -0.25) is 0 Å². The van der Waals surface area contributed by atoms with Crippen LogP contribution >= 0.6 is 0 Å². The molecule has 57 heavy (non-hydrogen) atoms. The first-order valence-corrected chi connectivity index (χ1v) is 29.4. The van der Waals surface area contributed by atoms with Crippen molar-refractivity contribution in [1.29, 1.82) is 0 Å². The Morgan fingerprint density at radius 3 is 2.14 bits per heavy atom. The van der Waals surface area contributed by atoms with Crippen LogP contribution in [0, 0.1) is 11.8 Å². The maximum atomic E-state index is 13.7. The number of hydrogen-bond donors (Lipinski definition) is 0. The molecule has 3 aliphatic heterocycles. The van der Waals surface area contributed by atoms with Crippen LogP contribution in [-0.4, -0.2) is 87.4 Å². The third kappa shape index (κ3) is 14.8. The Kier molecular flexibility index (Phi) is 17.5. The summed E-state index contributed by atoms with van der Waals surface area (Å²) in [5.41, 5.74) is 2.42. The molecule has 0 aliphatic carbocycles. The van der Waals surface area contributed by atoms with Gasteiger partial charge in [0.05, 0.1) is 61.0 Å². The van der Waals surface area contributed by atoms with Crippen molar-refractivity contribution in [3.05, 3.63) is 54.6 Å². The predicted octanol–water partition coefficient (Wildman–Crippen LogP) is 11.4. The quantitative estimate of drug-likeness (QED) is 0.0842. The van der Waals surface area contributed by atoms with Crippen LogP contribution in [0.3, 0.4) is 0 Å². The molecule has 3 heterocycles. The second kappa shape index (κ2) is 20.6. The molecule has 0 saturated carbocycles. The Balaban J connectivity index is 1.34. The summed E-state index contributed by atoms with van der Waals surface area (Å²) in [4.78, 5) is 0.378. The summed E-state index contributed by atoms with van der Waals surface area (Å²) in [7, 11) is -7.63. The second-order valence-electron chi connectivity index (χ2n) is 20.6. The highest BCUT2D eigenvalue weighted by Gasteiger charge is 2.44. The van der Waals surface area contributed by atoms with Gasteiger partial charge in [-0.15, -0.1) is 0 Å². The van der Waals surface area contributed by atoms with Gasteiger partial charge in [0.25, 0.3) is 0 Å². The van der Waals surface area contributed by atoms with E-state index in [1.165, 1.54) is 11.1 Å². The van der Waals surface area contributed by atoms with Gasteiger partial charge in [0.1, 0.15) is 0 Å². The zero-order valence-electron chi connectivity index (χ0n) is 37.7. The van der Waals surface area contributed by atoms with Crippen molar-refractivity contribution in [2.75, 3.05) is 25.6 Å².